The van der Waals surface area contributed by atoms with Crippen LogP contribution < -0.4 is 0 Å². The standard InChI is InChI=1S/C11H17NO3S/c13-10(8-2-3-9(8)11(14)15)12-4-1-6-16-7-5-12/h8-9H,1-7H2,(H,14,15). The number of carboxylic acid groups (broad SMARTS) is 1. The smallest absolute Gasteiger partial charge is 0.307 e. The lowest BCUT2D eigenvalue weighted by Crippen LogP contribution is -2.46. The zero-order chi connectivity index (χ0) is 11.5. The molecule has 2 rings (SSSR count). The van der Waals surface area contributed by atoms with Gasteiger partial charge in [0.15, 0.2) is 0 Å². The highest BCUT2D eigenvalue weighted by molar-refractivity contribution is 7.99. The zero-order valence-corrected chi connectivity index (χ0v) is 10.0. The molecule has 0 spiro atoms. The van der Waals surface area contributed by atoms with Gasteiger partial charge in [0.05, 0.1) is 11.8 Å². The van der Waals surface area contributed by atoms with Gasteiger partial charge in [0.2, 0.25) is 5.91 Å². The Balaban J connectivity index is 1.93. The maximum absolute atomic E-state index is 12.1. The number of rotatable bonds is 2. The first-order chi connectivity index (χ1) is 7.70. The van der Waals surface area contributed by atoms with Gasteiger partial charge >= 0.3 is 5.97 Å². The Kier molecular flexibility index (Phi) is 3.74. The van der Waals surface area contributed by atoms with Crippen molar-refractivity contribution in [3.8, 4) is 0 Å². The number of carboxylic acids is 1. The summed E-state index contributed by atoms with van der Waals surface area (Å²) in [6, 6.07) is 0. The lowest BCUT2D eigenvalue weighted by atomic mass is 9.73. The first-order valence-electron chi connectivity index (χ1n) is 5.79. The van der Waals surface area contributed by atoms with Gasteiger partial charge in [0.25, 0.3) is 0 Å². The maximum Gasteiger partial charge on any atom is 0.307 e. The lowest BCUT2D eigenvalue weighted by molar-refractivity contribution is -0.156. The van der Waals surface area contributed by atoms with Gasteiger partial charge in [-0.1, -0.05) is 0 Å². The van der Waals surface area contributed by atoms with Crippen molar-refractivity contribution in [2.24, 2.45) is 11.8 Å². The van der Waals surface area contributed by atoms with E-state index >= 15 is 0 Å². The summed E-state index contributed by atoms with van der Waals surface area (Å²) in [6.45, 7) is 1.58. The molecule has 1 aliphatic heterocycles. The minimum Gasteiger partial charge on any atom is -0.481 e. The van der Waals surface area contributed by atoms with Crippen molar-refractivity contribution in [1.29, 1.82) is 0 Å². The second kappa shape index (κ2) is 5.08. The van der Waals surface area contributed by atoms with E-state index in [2.05, 4.69) is 0 Å². The van der Waals surface area contributed by atoms with Crippen LogP contribution in [-0.4, -0.2) is 46.5 Å². The van der Waals surface area contributed by atoms with Crippen molar-refractivity contribution < 1.29 is 14.7 Å². The molecule has 16 heavy (non-hydrogen) atoms. The summed E-state index contributed by atoms with van der Waals surface area (Å²) >= 11 is 1.87. The largest absolute Gasteiger partial charge is 0.481 e. The number of hydrogen-bond donors (Lipinski definition) is 1. The summed E-state index contributed by atoms with van der Waals surface area (Å²) in [5.74, 6) is 0.673. The van der Waals surface area contributed by atoms with Crippen LogP contribution in [0.1, 0.15) is 19.3 Å². The van der Waals surface area contributed by atoms with E-state index in [9.17, 15) is 9.59 Å². The molecule has 1 heterocycles. The predicted octanol–water partition coefficient (Wildman–Crippen LogP) is 1.06. The summed E-state index contributed by atoms with van der Waals surface area (Å²) < 4.78 is 0. The van der Waals surface area contributed by atoms with Crippen LogP contribution in [0.15, 0.2) is 0 Å². The summed E-state index contributed by atoms with van der Waals surface area (Å²) in [6.07, 6.45) is 2.44. The molecule has 90 valence electrons. The van der Waals surface area contributed by atoms with Gasteiger partial charge in [-0.05, 0) is 25.0 Å². The summed E-state index contributed by atoms with van der Waals surface area (Å²) in [5.41, 5.74) is 0. The fraction of sp³-hybridized carbons (Fsp3) is 0.818. The molecule has 2 unspecified atom stereocenters. The first-order valence-corrected chi connectivity index (χ1v) is 6.95. The Morgan fingerprint density at radius 1 is 1.12 bits per heavy atom. The van der Waals surface area contributed by atoms with E-state index in [1.54, 1.807) is 0 Å². The Labute approximate surface area is 99.4 Å². The highest BCUT2D eigenvalue weighted by Crippen LogP contribution is 2.36. The molecule has 2 atom stereocenters. The van der Waals surface area contributed by atoms with Crippen LogP contribution in [0.5, 0.6) is 0 Å². The highest BCUT2D eigenvalue weighted by atomic mass is 32.2. The fourth-order valence-corrected chi connectivity index (χ4v) is 3.18. The van der Waals surface area contributed by atoms with Gasteiger partial charge < -0.3 is 10.0 Å². The highest BCUT2D eigenvalue weighted by Gasteiger charge is 2.43. The van der Waals surface area contributed by atoms with Gasteiger partial charge in [-0.3, -0.25) is 9.59 Å². The molecule has 5 heteroatoms. The molecule has 0 aromatic heterocycles. The normalized spacial score (nSPS) is 30.4. The van der Waals surface area contributed by atoms with E-state index in [0.717, 1.165) is 37.4 Å². The van der Waals surface area contributed by atoms with Crippen molar-refractivity contribution in [1.82, 2.24) is 4.90 Å². The minimum atomic E-state index is -0.811. The number of aliphatic carboxylic acids is 1. The van der Waals surface area contributed by atoms with E-state index in [4.69, 9.17) is 5.11 Å². The van der Waals surface area contributed by atoms with E-state index in [-0.39, 0.29) is 11.8 Å². The number of carbonyl (C=O) groups is 2. The molecule has 1 saturated carbocycles. The molecule has 4 nitrogen and oxygen atoms in total. The Hall–Kier alpha value is -0.710. The van der Waals surface area contributed by atoms with Crippen molar-refractivity contribution in [2.45, 2.75) is 19.3 Å². The maximum atomic E-state index is 12.1. The number of nitrogens with zero attached hydrogens (tertiary/aromatic N) is 1. The third-order valence-electron chi connectivity index (χ3n) is 3.44. The molecule has 1 N–H and O–H groups in total. The Morgan fingerprint density at radius 3 is 2.50 bits per heavy atom. The predicted molar refractivity (Wildman–Crippen MR) is 62.4 cm³/mol. The van der Waals surface area contributed by atoms with Crippen molar-refractivity contribution in [3.63, 3.8) is 0 Å². The van der Waals surface area contributed by atoms with Gasteiger partial charge in [-0.25, -0.2) is 0 Å². The monoisotopic (exact) mass is 243 g/mol. The van der Waals surface area contributed by atoms with Gasteiger partial charge in [0.1, 0.15) is 0 Å². The quantitative estimate of drug-likeness (QED) is 0.788. The van der Waals surface area contributed by atoms with Crippen LogP contribution in [0.25, 0.3) is 0 Å². The average molecular weight is 243 g/mol. The summed E-state index contributed by atoms with van der Waals surface area (Å²) in [5, 5.41) is 8.93. The molecular formula is C11H17NO3S. The SMILES string of the molecule is O=C(O)C1CCC1C(=O)N1CCCSCC1. The molecule has 0 aromatic rings. The van der Waals surface area contributed by atoms with Crippen LogP contribution in [0.3, 0.4) is 0 Å². The van der Waals surface area contributed by atoms with Crippen molar-refractivity contribution in [3.05, 3.63) is 0 Å². The minimum absolute atomic E-state index is 0.0705. The second-order valence-electron chi connectivity index (χ2n) is 4.42. The lowest BCUT2D eigenvalue weighted by Gasteiger charge is -2.35. The molecule has 0 radical (unpaired) electrons. The van der Waals surface area contributed by atoms with E-state index in [0.29, 0.717) is 6.42 Å². The molecule has 1 amide bonds. The van der Waals surface area contributed by atoms with Crippen molar-refractivity contribution >= 4 is 23.6 Å². The zero-order valence-electron chi connectivity index (χ0n) is 9.22. The molecular weight excluding hydrogens is 226 g/mol. The van der Waals surface area contributed by atoms with Crippen LogP contribution in [0.2, 0.25) is 0 Å². The summed E-state index contributed by atoms with van der Waals surface area (Å²) in [4.78, 5) is 24.8. The van der Waals surface area contributed by atoms with Crippen molar-refractivity contribution in [2.75, 3.05) is 24.6 Å². The van der Waals surface area contributed by atoms with Crippen LogP contribution in [0.4, 0.5) is 0 Å². The third kappa shape index (κ3) is 2.34. The molecule has 0 aromatic carbocycles. The number of thioether (sulfide) groups is 1. The van der Waals surface area contributed by atoms with E-state index < -0.39 is 11.9 Å². The fourth-order valence-electron chi connectivity index (χ4n) is 2.29. The van der Waals surface area contributed by atoms with E-state index in [1.807, 2.05) is 16.7 Å². The number of carbonyl (C=O) groups excluding carboxylic acids is 1. The van der Waals surface area contributed by atoms with E-state index in [1.165, 1.54) is 0 Å². The molecule has 2 fully saturated rings. The van der Waals surface area contributed by atoms with Gasteiger partial charge in [-0.15, -0.1) is 0 Å². The molecule has 2 aliphatic rings. The third-order valence-corrected chi connectivity index (χ3v) is 4.49. The Morgan fingerprint density at radius 2 is 1.88 bits per heavy atom. The number of hydrogen-bond acceptors (Lipinski definition) is 3. The molecule has 1 aliphatic carbocycles. The van der Waals surface area contributed by atoms with Crippen LogP contribution in [-0.2, 0) is 9.59 Å². The van der Waals surface area contributed by atoms with Crippen LogP contribution in [0, 0.1) is 11.8 Å². The second-order valence-corrected chi connectivity index (χ2v) is 5.64. The summed E-state index contributed by atoms with van der Waals surface area (Å²) in [7, 11) is 0. The van der Waals surface area contributed by atoms with Gasteiger partial charge in [0, 0.05) is 18.8 Å². The Bertz CT molecular complexity index is 287. The molecule has 1 saturated heterocycles. The average Bonchev–Trinajstić information content (AvgIpc) is 2.42. The topological polar surface area (TPSA) is 57.6 Å². The molecule has 0 bridgehead atoms. The first kappa shape index (κ1) is 11.8. The van der Waals surface area contributed by atoms with Crippen LogP contribution >= 0.6 is 11.8 Å². The number of amides is 1. The van der Waals surface area contributed by atoms with Gasteiger partial charge in [-0.2, -0.15) is 11.8 Å².